The number of carbonyl (C=O) groups excluding carboxylic acids is 1. The summed E-state index contributed by atoms with van der Waals surface area (Å²) in [5.41, 5.74) is 1.57. The van der Waals surface area contributed by atoms with Gasteiger partial charge in [0.05, 0.1) is 11.4 Å². The van der Waals surface area contributed by atoms with Gasteiger partial charge in [-0.1, -0.05) is 23.7 Å². The van der Waals surface area contributed by atoms with Gasteiger partial charge in [0.25, 0.3) is 0 Å². The molecular weight excluding hydrogens is 214 g/mol. The molecule has 0 atom stereocenters. The summed E-state index contributed by atoms with van der Waals surface area (Å²) in [5.74, 6) is 0. The monoisotopic (exact) mass is 223 g/mol. The summed E-state index contributed by atoms with van der Waals surface area (Å²) in [6.07, 6.45) is 1.50. The maximum atomic E-state index is 11.5. The Bertz CT molecular complexity index is 428. The summed E-state index contributed by atoms with van der Waals surface area (Å²) in [6, 6.07) is 7.12. The van der Waals surface area contributed by atoms with Gasteiger partial charge in [-0.15, -0.1) is 0 Å². The number of benzene rings is 1. The molecule has 1 aliphatic rings. The van der Waals surface area contributed by atoms with E-state index in [1.807, 2.05) is 19.1 Å². The van der Waals surface area contributed by atoms with Gasteiger partial charge in [0.15, 0.2) is 0 Å². The number of carbonyl (C=O) groups is 1. The van der Waals surface area contributed by atoms with Crippen LogP contribution in [0.1, 0.15) is 6.92 Å². The Morgan fingerprint density at radius 3 is 3.00 bits per heavy atom. The van der Waals surface area contributed by atoms with E-state index in [0.29, 0.717) is 11.6 Å². The van der Waals surface area contributed by atoms with Gasteiger partial charge in [-0.25, -0.2) is 9.69 Å². The number of nitrogens with zero attached hydrogens (tertiary/aromatic N) is 1. The summed E-state index contributed by atoms with van der Waals surface area (Å²) in [5, 5.41) is 0.600. The first-order valence-corrected chi connectivity index (χ1v) is 4.98. The van der Waals surface area contributed by atoms with Gasteiger partial charge < -0.3 is 4.74 Å². The normalized spacial score (nSPS) is 18.4. The average Bonchev–Trinajstić information content (AvgIpc) is 2.59. The fourth-order valence-electron chi connectivity index (χ4n) is 1.48. The highest BCUT2D eigenvalue weighted by Crippen LogP contribution is 2.27. The summed E-state index contributed by atoms with van der Waals surface area (Å²) < 4.78 is 4.94. The van der Waals surface area contributed by atoms with E-state index in [1.54, 1.807) is 18.2 Å². The molecule has 3 nitrogen and oxygen atoms in total. The zero-order valence-corrected chi connectivity index (χ0v) is 8.99. The Kier molecular flexibility index (Phi) is 2.64. The van der Waals surface area contributed by atoms with E-state index in [9.17, 15) is 4.79 Å². The van der Waals surface area contributed by atoms with Gasteiger partial charge >= 0.3 is 6.09 Å². The van der Waals surface area contributed by atoms with Crippen LogP contribution in [-0.4, -0.2) is 12.7 Å². The van der Waals surface area contributed by atoms with Gasteiger partial charge in [-0.3, -0.25) is 0 Å². The van der Waals surface area contributed by atoms with Crippen LogP contribution in [0.25, 0.3) is 0 Å². The molecule has 0 aliphatic carbocycles. The SMILES string of the molecule is C/C=C1/COC(=O)N1c1cccc(Cl)c1. The first-order chi connectivity index (χ1) is 7.22. The third-order valence-corrected chi connectivity index (χ3v) is 2.45. The Balaban J connectivity index is 2.41. The number of anilines is 1. The van der Waals surface area contributed by atoms with E-state index < -0.39 is 0 Å². The number of hydrogen-bond donors (Lipinski definition) is 0. The quantitative estimate of drug-likeness (QED) is 0.732. The van der Waals surface area contributed by atoms with Crippen molar-refractivity contribution < 1.29 is 9.53 Å². The summed E-state index contributed by atoms with van der Waals surface area (Å²) in [4.78, 5) is 13.0. The molecule has 1 amide bonds. The van der Waals surface area contributed by atoms with E-state index in [2.05, 4.69) is 0 Å². The zero-order chi connectivity index (χ0) is 10.8. The summed E-state index contributed by atoms with van der Waals surface area (Å²) in [6.45, 7) is 2.19. The van der Waals surface area contributed by atoms with Crippen molar-refractivity contribution in [1.82, 2.24) is 0 Å². The first-order valence-electron chi connectivity index (χ1n) is 4.60. The Morgan fingerprint density at radius 2 is 2.33 bits per heavy atom. The molecule has 0 radical (unpaired) electrons. The molecule has 1 saturated heterocycles. The molecule has 0 unspecified atom stereocenters. The third kappa shape index (κ3) is 1.83. The maximum absolute atomic E-state index is 11.5. The van der Waals surface area contributed by atoms with E-state index in [1.165, 1.54) is 4.90 Å². The van der Waals surface area contributed by atoms with Crippen LogP contribution < -0.4 is 4.90 Å². The van der Waals surface area contributed by atoms with Crippen LogP contribution in [0.15, 0.2) is 36.0 Å². The number of rotatable bonds is 1. The largest absolute Gasteiger partial charge is 0.442 e. The minimum atomic E-state index is -0.356. The number of halogens is 1. The Hall–Kier alpha value is -1.48. The van der Waals surface area contributed by atoms with Crippen molar-refractivity contribution >= 4 is 23.4 Å². The molecule has 1 aromatic carbocycles. The number of allylic oxidation sites excluding steroid dienone is 1. The zero-order valence-electron chi connectivity index (χ0n) is 8.24. The molecule has 1 aliphatic heterocycles. The molecule has 0 spiro atoms. The molecule has 0 bridgehead atoms. The molecule has 78 valence electrons. The van der Waals surface area contributed by atoms with Crippen molar-refractivity contribution in [3.63, 3.8) is 0 Å². The van der Waals surface area contributed by atoms with Crippen molar-refractivity contribution in [2.75, 3.05) is 11.5 Å². The fraction of sp³-hybridized carbons (Fsp3) is 0.182. The summed E-state index contributed by atoms with van der Waals surface area (Å²) >= 11 is 5.86. The van der Waals surface area contributed by atoms with Crippen LogP contribution in [0.3, 0.4) is 0 Å². The maximum Gasteiger partial charge on any atom is 0.419 e. The molecule has 1 aromatic rings. The van der Waals surface area contributed by atoms with E-state index in [4.69, 9.17) is 16.3 Å². The second-order valence-corrected chi connectivity index (χ2v) is 3.59. The van der Waals surface area contributed by atoms with E-state index in [-0.39, 0.29) is 6.09 Å². The Morgan fingerprint density at radius 1 is 1.53 bits per heavy atom. The molecule has 0 aromatic heterocycles. The molecular formula is C11H10ClNO2. The second kappa shape index (κ2) is 3.95. The molecule has 2 rings (SSSR count). The highest BCUT2D eigenvalue weighted by Gasteiger charge is 2.28. The topological polar surface area (TPSA) is 29.5 Å². The summed E-state index contributed by atoms with van der Waals surface area (Å²) in [7, 11) is 0. The molecule has 1 heterocycles. The molecule has 0 N–H and O–H groups in total. The van der Waals surface area contributed by atoms with Crippen molar-refractivity contribution in [3.05, 3.63) is 41.1 Å². The van der Waals surface area contributed by atoms with Gasteiger partial charge in [-0.2, -0.15) is 0 Å². The minimum Gasteiger partial charge on any atom is -0.442 e. The van der Waals surface area contributed by atoms with Crippen molar-refractivity contribution in [1.29, 1.82) is 0 Å². The van der Waals surface area contributed by atoms with Crippen LogP contribution in [0.5, 0.6) is 0 Å². The van der Waals surface area contributed by atoms with Gasteiger partial charge in [-0.05, 0) is 25.1 Å². The van der Waals surface area contributed by atoms with E-state index in [0.717, 1.165) is 11.4 Å². The smallest absolute Gasteiger partial charge is 0.419 e. The predicted octanol–water partition coefficient (Wildman–Crippen LogP) is 3.20. The third-order valence-electron chi connectivity index (χ3n) is 2.21. The fourth-order valence-corrected chi connectivity index (χ4v) is 1.67. The van der Waals surface area contributed by atoms with Gasteiger partial charge in [0, 0.05) is 5.02 Å². The van der Waals surface area contributed by atoms with Crippen molar-refractivity contribution in [2.24, 2.45) is 0 Å². The second-order valence-electron chi connectivity index (χ2n) is 3.15. The van der Waals surface area contributed by atoms with Crippen LogP contribution in [0.2, 0.25) is 5.02 Å². The Labute approximate surface area is 92.9 Å². The lowest BCUT2D eigenvalue weighted by atomic mass is 10.2. The van der Waals surface area contributed by atoms with Crippen LogP contribution >= 0.6 is 11.6 Å². The number of ether oxygens (including phenoxy) is 1. The minimum absolute atomic E-state index is 0.321. The van der Waals surface area contributed by atoms with E-state index >= 15 is 0 Å². The lowest BCUT2D eigenvalue weighted by Crippen LogP contribution is -2.21. The number of hydrogen-bond acceptors (Lipinski definition) is 2. The predicted molar refractivity (Wildman–Crippen MR) is 59.0 cm³/mol. The standard InChI is InChI=1S/C11H10ClNO2/c1-2-9-7-15-11(14)13(9)10-5-3-4-8(12)6-10/h2-6H,7H2,1H3/b9-2-. The van der Waals surface area contributed by atoms with Crippen LogP contribution in [0, 0.1) is 0 Å². The molecule has 1 fully saturated rings. The highest BCUT2D eigenvalue weighted by molar-refractivity contribution is 6.30. The van der Waals surface area contributed by atoms with Crippen molar-refractivity contribution in [2.45, 2.75) is 6.92 Å². The van der Waals surface area contributed by atoms with Crippen molar-refractivity contribution in [3.8, 4) is 0 Å². The lowest BCUT2D eigenvalue weighted by Gasteiger charge is -2.14. The van der Waals surface area contributed by atoms with Gasteiger partial charge in [0.1, 0.15) is 6.61 Å². The first kappa shape index (κ1) is 10.1. The van der Waals surface area contributed by atoms with Crippen LogP contribution in [0.4, 0.5) is 10.5 Å². The number of amides is 1. The van der Waals surface area contributed by atoms with Gasteiger partial charge in [0.2, 0.25) is 0 Å². The number of cyclic esters (lactones) is 1. The average molecular weight is 224 g/mol. The molecule has 0 saturated carbocycles. The molecule has 4 heteroatoms. The van der Waals surface area contributed by atoms with Crippen LogP contribution in [-0.2, 0) is 4.74 Å². The molecule has 15 heavy (non-hydrogen) atoms. The highest BCUT2D eigenvalue weighted by atomic mass is 35.5. The lowest BCUT2D eigenvalue weighted by molar-refractivity contribution is 0.182.